The van der Waals surface area contributed by atoms with Crippen molar-refractivity contribution >= 4 is 34.2 Å². The van der Waals surface area contributed by atoms with Crippen molar-refractivity contribution in [3.8, 4) is 0 Å². The zero-order valence-corrected chi connectivity index (χ0v) is 28.6. The number of anilines is 1. The number of carbonyl (C=O) groups is 3. The molecule has 1 aromatic rings. The van der Waals surface area contributed by atoms with Crippen LogP contribution in [0.15, 0.2) is 5.38 Å². The van der Waals surface area contributed by atoms with Crippen molar-refractivity contribution in [2.45, 2.75) is 128 Å². The van der Waals surface area contributed by atoms with Gasteiger partial charge >= 0.3 is 0 Å². The molecule has 2 fully saturated rings. The maximum Gasteiger partial charge on any atom is 0.241 e. The molecule has 1 aromatic heterocycles. The highest BCUT2D eigenvalue weighted by atomic mass is 32.1. The normalized spacial score (nSPS) is 19.8. The lowest BCUT2D eigenvalue weighted by atomic mass is 9.79. The van der Waals surface area contributed by atoms with Crippen LogP contribution in [0.25, 0.3) is 0 Å². The standard InChI is InChI=1S/C33H57N5O6S/c1-22(2)15-27(39)30(42)26(16-23-11-7-5-8-12-23)38(21-33(44)13-9-6-10-14-33)31(43)24(17-25-20-45-32(34)36-25)18-28(40)35-19-29(41)37(3)4/h20,22-24,26-27,30,39,42,44H,5-19,21H2,1-4H3,(H2,34,36)(H,35,40)/t24-,26+,27+,30-/m1/s1. The van der Waals surface area contributed by atoms with Crippen molar-refractivity contribution in [2.75, 3.05) is 32.9 Å². The molecule has 0 radical (unpaired) electrons. The zero-order chi connectivity index (χ0) is 33.1. The summed E-state index contributed by atoms with van der Waals surface area (Å²) in [5, 5.41) is 39.5. The Balaban J connectivity index is 2.00. The number of rotatable bonds is 16. The number of thiazole rings is 1. The number of nitrogens with one attached hydrogen (secondary N) is 1. The van der Waals surface area contributed by atoms with Crippen LogP contribution in [0.1, 0.15) is 103 Å². The van der Waals surface area contributed by atoms with E-state index in [0.29, 0.717) is 36.5 Å². The smallest absolute Gasteiger partial charge is 0.241 e. The van der Waals surface area contributed by atoms with Gasteiger partial charge in [0.1, 0.15) is 6.10 Å². The van der Waals surface area contributed by atoms with Crippen LogP contribution in [0.5, 0.6) is 0 Å². The number of hydrogen-bond acceptors (Lipinski definition) is 9. The Morgan fingerprint density at radius 2 is 1.73 bits per heavy atom. The van der Waals surface area contributed by atoms with Gasteiger partial charge in [0.15, 0.2) is 5.13 Å². The van der Waals surface area contributed by atoms with Gasteiger partial charge < -0.3 is 36.2 Å². The highest BCUT2D eigenvalue weighted by Gasteiger charge is 2.43. The van der Waals surface area contributed by atoms with Crippen molar-refractivity contribution in [3.63, 3.8) is 0 Å². The summed E-state index contributed by atoms with van der Waals surface area (Å²) in [6, 6.07) is -0.735. The number of carbonyl (C=O) groups excluding carboxylic acids is 3. The summed E-state index contributed by atoms with van der Waals surface area (Å²) < 4.78 is 0. The van der Waals surface area contributed by atoms with Crippen LogP contribution in [0, 0.1) is 17.8 Å². The van der Waals surface area contributed by atoms with E-state index in [4.69, 9.17) is 5.73 Å². The van der Waals surface area contributed by atoms with Crippen molar-refractivity contribution in [1.29, 1.82) is 0 Å². The van der Waals surface area contributed by atoms with Crippen LogP contribution in [-0.4, -0.2) is 98.9 Å². The van der Waals surface area contributed by atoms with Gasteiger partial charge in [-0.3, -0.25) is 14.4 Å². The predicted octanol–water partition coefficient (Wildman–Crippen LogP) is 3.11. The number of nitrogens with two attached hydrogens (primary N) is 1. The summed E-state index contributed by atoms with van der Waals surface area (Å²) in [5.74, 6) is -1.56. The molecule has 2 aliphatic rings. The molecule has 2 aliphatic carbocycles. The molecule has 0 spiro atoms. The molecule has 0 unspecified atom stereocenters. The van der Waals surface area contributed by atoms with Gasteiger partial charge in [-0.15, -0.1) is 11.3 Å². The molecule has 0 bridgehead atoms. The first-order valence-electron chi connectivity index (χ1n) is 16.8. The molecule has 4 atom stereocenters. The van der Waals surface area contributed by atoms with Crippen LogP contribution in [0.3, 0.4) is 0 Å². The average molecular weight is 652 g/mol. The third kappa shape index (κ3) is 11.8. The molecule has 256 valence electrons. The molecule has 45 heavy (non-hydrogen) atoms. The number of hydrogen-bond donors (Lipinski definition) is 5. The van der Waals surface area contributed by atoms with Crippen LogP contribution in [0.4, 0.5) is 5.13 Å². The number of aliphatic hydroxyl groups excluding tert-OH is 2. The fraction of sp³-hybridized carbons (Fsp3) is 0.818. The summed E-state index contributed by atoms with van der Waals surface area (Å²) in [4.78, 5) is 47.5. The summed E-state index contributed by atoms with van der Waals surface area (Å²) >= 11 is 1.25. The Bertz CT molecular complexity index is 1090. The van der Waals surface area contributed by atoms with Gasteiger partial charge in [-0.2, -0.15) is 0 Å². The van der Waals surface area contributed by atoms with E-state index in [1.54, 1.807) is 24.4 Å². The number of likely N-dealkylation sites (N-methyl/N-ethyl adjacent to an activating group) is 1. The lowest BCUT2D eigenvalue weighted by Crippen LogP contribution is -2.58. The van der Waals surface area contributed by atoms with Gasteiger partial charge in [0.2, 0.25) is 17.7 Å². The summed E-state index contributed by atoms with van der Waals surface area (Å²) in [6.07, 6.45) is 7.63. The number of nitrogen functional groups attached to an aromatic ring is 1. The van der Waals surface area contributed by atoms with Gasteiger partial charge in [-0.25, -0.2) is 4.98 Å². The Morgan fingerprint density at radius 3 is 2.31 bits per heavy atom. The van der Waals surface area contributed by atoms with E-state index in [1.807, 2.05) is 13.8 Å². The molecule has 12 heteroatoms. The van der Waals surface area contributed by atoms with Crippen LogP contribution in [-0.2, 0) is 20.8 Å². The van der Waals surface area contributed by atoms with Crippen LogP contribution >= 0.6 is 11.3 Å². The van der Waals surface area contributed by atoms with E-state index >= 15 is 0 Å². The molecule has 11 nitrogen and oxygen atoms in total. The number of nitrogens with zero attached hydrogens (tertiary/aromatic N) is 3. The van der Waals surface area contributed by atoms with Crippen LogP contribution < -0.4 is 11.1 Å². The highest BCUT2D eigenvalue weighted by Crippen LogP contribution is 2.35. The third-order valence-corrected chi connectivity index (χ3v) is 10.2. The largest absolute Gasteiger partial charge is 0.390 e. The van der Waals surface area contributed by atoms with Crippen LogP contribution in [0.2, 0.25) is 0 Å². The van der Waals surface area contributed by atoms with E-state index in [1.165, 1.54) is 16.2 Å². The number of amides is 3. The Kier molecular flexibility index (Phi) is 14.5. The second-order valence-electron chi connectivity index (χ2n) is 14.1. The maximum absolute atomic E-state index is 14.8. The molecule has 6 N–H and O–H groups in total. The van der Waals surface area contributed by atoms with Crippen molar-refractivity contribution in [2.24, 2.45) is 17.8 Å². The van der Waals surface area contributed by atoms with Crippen molar-refractivity contribution in [1.82, 2.24) is 20.1 Å². The highest BCUT2D eigenvalue weighted by molar-refractivity contribution is 7.13. The minimum absolute atomic E-state index is 0.0190. The first-order valence-corrected chi connectivity index (χ1v) is 17.7. The Morgan fingerprint density at radius 1 is 1.09 bits per heavy atom. The van der Waals surface area contributed by atoms with Gasteiger partial charge in [-0.05, 0) is 37.5 Å². The second kappa shape index (κ2) is 17.6. The van der Waals surface area contributed by atoms with Gasteiger partial charge in [0.25, 0.3) is 0 Å². The molecule has 0 aliphatic heterocycles. The van der Waals surface area contributed by atoms with Gasteiger partial charge in [0, 0.05) is 38.9 Å². The second-order valence-corrected chi connectivity index (χ2v) is 15.0. The van der Waals surface area contributed by atoms with E-state index in [2.05, 4.69) is 10.3 Å². The van der Waals surface area contributed by atoms with E-state index in [9.17, 15) is 29.7 Å². The molecular weight excluding hydrogens is 594 g/mol. The molecule has 0 aromatic carbocycles. The minimum Gasteiger partial charge on any atom is -0.390 e. The summed E-state index contributed by atoms with van der Waals surface area (Å²) in [6.45, 7) is 3.79. The molecular formula is C33H57N5O6S. The predicted molar refractivity (Wildman–Crippen MR) is 176 cm³/mol. The lowest BCUT2D eigenvalue weighted by Gasteiger charge is -2.45. The maximum atomic E-state index is 14.8. The van der Waals surface area contributed by atoms with E-state index in [-0.39, 0.29) is 49.6 Å². The van der Waals surface area contributed by atoms with Crippen molar-refractivity contribution < 1.29 is 29.7 Å². The SMILES string of the molecule is CC(C)C[C@H](O)[C@H](O)[C@H](CC1CCCCC1)N(CC1(O)CCCCC1)C(=O)[C@@H](CC(=O)NCC(=O)N(C)C)Cc1csc(N)n1. The lowest BCUT2D eigenvalue weighted by molar-refractivity contribution is -0.153. The summed E-state index contributed by atoms with van der Waals surface area (Å²) in [7, 11) is 3.21. The van der Waals surface area contributed by atoms with E-state index < -0.39 is 35.7 Å². The molecule has 3 amide bonds. The summed E-state index contributed by atoms with van der Waals surface area (Å²) in [5.41, 5.74) is 5.35. The van der Waals surface area contributed by atoms with E-state index in [0.717, 1.165) is 51.4 Å². The minimum atomic E-state index is -1.22. The fourth-order valence-electron chi connectivity index (χ4n) is 6.92. The number of aromatic nitrogens is 1. The quantitative estimate of drug-likeness (QED) is 0.182. The van der Waals surface area contributed by atoms with Crippen molar-refractivity contribution in [3.05, 3.63) is 11.1 Å². The first kappa shape index (κ1) is 37.2. The first-order chi connectivity index (χ1) is 21.3. The topological polar surface area (TPSA) is 169 Å². The average Bonchev–Trinajstić information content (AvgIpc) is 3.41. The molecule has 0 saturated heterocycles. The fourth-order valence-corrected chi connectivity index (χ4v) is 7.49. The van der Waals surface area contributed by atoms with Gasteiger partial charge in [-0.1, -0.05) is 65.2 Å². The Labute approximate surface area is 273 Å². The Hall–Kier alpha value is -2.28. The monoisotopic (exact) mass is 651 g/mol. The molecule has 2 saturated carbocycles. The molecule has 3 rings (SSSR count). The zero-order valence-electron chi connectivity index (χ0n) is 27.7. The molecule has 1 heterocycles. The van der Waals surface area contributed by atoms with Gasteiger partial charge in [0.05, 0.1) is 35.9 Å². The number of aliphatic hydroxyl groups is 3. The third-order valence-electron chi connectivity index (χ3n) is 9.47.